The molecule has 17 heavy (non-hydrogen) atoms. The summed E-state index contributed by atoms with van der Waals surface area (Å²) in [7, 11) is 0. The van der Waals surface area contributed by atoms with E-state index in [4.69, 9.17) is 14.3 Å². The predicted octanol–water partition coefficient (Wildman–Crippen LogP) is 1.12. The fraction of sp³-hybridized carbons (Fsp3) is 0.417. The van der Waals surface area contributed by atoms with E-state index in [0.29, 0.717) is 32.8 Å². The van der Waals surface area contributed by atoms with Crippen LogP contribution in [0.25, 0.3) is 0 Å². The fourth-order valence-electron chi connectivity index (χ4n) is 1.93. The second-order valence-electron chi connectivity index (χ2n) is 3.99. The molecule has 2 heterocycles. The predicted molar refractivity (Wildman–Crippen MR) is 58.6 cm³/mol. The van der Waals surface area contributed by atoms with Crippen molar-refractivity contribution in [1.82, 2.24) is 5.06 Å². The van der Waals surface area contributed by atoms with Gasteiger partial charge in [-0.15, -0.1) is 0 Å². The molecule has 1 saturated heterocycles. The Hall–Kier alpha value is -1.75. The Labute approximate surface area is 98.8 Å². The zero-order chi connectivity index (χ0) is 11.7. The second-order valence-corrected chi connectivity index (χ2v) is 3.99. The topological polar surface area (TPSA) is 48.0 Å². The summed E-state index contributed by atoms with van der Waals surface area (Å²) in [6.07, 6.45) is 0.463. The number of fused-ring (bicyclic) bond motifs is 1. The lowest BCUT2D eigenvalue weighted by molar-refractivity contribution is -0.164. The van der Waals surface area contributed by atoms with Crippen LogP contribution in [0.2, 0.25) is 0 Å². The number of carbonyl (C=O) groups excluding carboxylic acids is 1. The van der Waals surface area contributed by atoms with E-state index < -0.39 is 0 Å². The van der Waals surface area contributed by atoms with Gasteiger partial charge in [-0.05, 0) is 17.7 Å². The number of ether oxygens (including phenoxy) is 2. The summed E-state index contributed by atoms with van der Waals surface area (Å²) in [5.41, 5.74) is 0.976. The number of rotatable bonds is 2. The smallest absolute Gasteiger partial charge is 0.248 e. The van der Waals surface area contributed by atoms with Crippen molar-refractivity contribution in [2.24, 2.45) is 0 Å². The normalized spacial score (nSPS) is 18.6. The average molecular weight is 235 g/mol. The number of hydrogen-bond acceptors (Lipinski definition) is 4. The second kappa shape index (κ2) is 4.25. The van der Waals surface area contributed by atoms with Gasteiger partial charge in [0.2, 0.25) is 5.91 Å². The zero-order valence-electron chi connectivity index (χ0n) is 9.35. The summed E-state index contributed by atoms with van der Waals surface area (Å²) >= 11 is 0. The largest absolute Gasteiger partial charge is 0.486 e. The molecule has 1 amide bonds. The van der Waals surface area contributed by atoms with Gasteiger partial charge in [-0.3, -0.25) is 9.63 Å². The SMILES string of the molecule is O=C1CCON1Cc1ccc2c(c1)OCCO2. The molecule has 1 aromatic carbocycles. The number of nitrogens with zero attached hydrogens (tertiary/aromatic N) is 1. The van der Waals surface area contributed by atoms with Gasteiger partial charge in [-0.2, -0.15) is 0 Å². The first-order valence-corrected chi connectivity index (χ1v) is 5.65. The summed E-state index contributed by atoms with van der Waals surface area (Å²) in [5.74, 6) is 1.52. The Kier molecular flexibility index (Phi) is 2.60. The zero-order valence-corrected chi connectivity index (χ0v) is 9.35. The van der Waals surface area contributed by atoms with Gasteiger partial charge >= 0.3 is 0 Å². The van der Waals surface area contributed by atoms with E-state index in [0.717, 1.165) is 17.1 Å². The van der Waals surface area contributed by atoms with Crippen LogP contribution in [0.1, 0.15) is 12.0 Å². The van der Waals surface area contributed by atoms with Crippen LogP contribution in [0.4, 0.5) is 0 Å². The van der Waals surface area contributed by atoms with Crippen molar-refractivity contribution in [2.75, 3.05) is 19.8 Å². The van der Waals surface area contributed by atoms with Gasteiger partial charge in [-0.25, -0.2) is 5.06 Å². The molecular weight excluding hydrogens is 222 g/mol. The lowest BCUT2D eigenvalue weighted by atomic mass is 10.2. The first-order valence-electron chi connectivity index (χ1n) is 5.65. The number of carbonyl (C=O) groups is 1. The highest BCUT2D eigenvalue weighted by atomic mass is 16.7. The summed E-state index contributed by atoms with van der Waals surface area (Å²) in [4.78, 5) is 16.6. The van der Waals surface area contributed by atoms with Crippen molar-refractivity contribution < 1.29 is 19.1 Å². The van der Waals surface area contributed by atoms with E-state index in [1.165, 1.54) is 5.06 Å². The molecule has 90 valence electrons. The molecule has 5 nitrogen and oxygen atoms in total. The van der Waals surface area contributed by atoms with Crippen molar-refractivity contribution in [3.05, 3.63) is 23.8 Å². The van der Waals surface area contributed by atoms with Gasteiger partial charge in [0.1, 0.15) is 13.2 Å². The molecule has 0 bridgehead atoms. The summed E-state index contributed by atoms with van der Waals surface area (Å²) in [6, 6.07) is 5.68. The van der Waals surface area contributed by atoms with E-state index in [9.17, 15) is 4.79 Å². The standard InChI is InChI=1S/C12H13NO4/c14-12-3-4-17-13(12)8-9-1-2-10-11(7-9)16-6-5-15-10/h1-2,7H,3-6,8H2. The van der Waals surface area contributed by atoms with Crippen LogP contribution in [-0.2, 0) is 16.2 Å². The fourth-order valence-corrected chi connectivity index (χ4v) is 1.93. The van der Waals surface area contributed by atoms with Gasteiger partial charge in [0.15, 0.2) is 11.5 Å². The van der Waals surface area contributed by atoms with Crippen LogP contribution >= 0.6 is 0 Å². The monoisotopic (exact) mass is 235 g/mol. The van der Waals surface area contributed by atoms with E-state index in [1.54, 1.807) is 0 Å². The Morgan fingerprint density at radius 3 is 2.71 bits per heavy atom. The molecule has 0 saturated carbocycles. The Balaban J connectivity index is 1.77. The number of benzene rings is 1. The number of hydroxylamine groups is 2. The average Bonchev–Trinajstić information content (AvgIpc) is 2.75. The van der Waals surface area contributed by atoms with Gasteiger partial charge in [0.25, 0.3) is 0 Å². The van der Waals surface area contributed by atoms with Crippen LogP contribution in [0.5, 0.6) is 11.5 Å². The van der Waals surface area contributed by atoms with E-state index in [2.05, 4.69) is 0 Å². The molecule has 5 heteroatoms. The highest BCUT2D eigenvalue weighted by Gasteiger charge is 2.22. The number of amides is 1. The first-order chi connectivity index (χ1) is 8.33. The molecule has 0 N–H and O–H groups in total. The van der Waals surface area contributed by atoms with Crippen molar-refractivity contribution in [2.45, 2.75) is 13.0 Å². The van der Waals surface area contributed by atoms with Crippen molar-refractivity contribution in [3.8, 4) is 11.5 Å². The summed E-state index contributed by atoms with van der Waals surface area (Å²) in [5, 5.41) is 1.39. The first kappa shape index (κ1) is 10.4. The van der Waals surface area contributed by atoms with Crippen LogP contribution in [0.3, 0.4) is 0 Å². The third kappa shape index (κ3) is 2.06. The maximum Gasteiger partial charge on any atom is 0.248 e. The minimum Gasteiger partial charge on any atom is -0.486 e. The molecule has 2 aliphatic heterocycles. The summed E-state index contributed by atoms with van der Waals surface area (Å²) < 4.78 is 10.9. The maximum absolute atomic E-state index is 11.4. The third-order valence-electron chi connectivity index (χ3n) is 2.77. The van der Waals surface area contributed by atoms with Crippen molar-refractivity contribution in [1.29, 1.82) is 0 Å². The molecule has 0 spiro atoms. The van der Waals surface area contributed by atoms with Crippen molar-refractivity contribution >= 4 is 5.91 Å². The molecule has 0 atom stereocenters. The molecule has 3 rings (SSSR count). The molecule has 1 aromatic rings. The lowest BCUT2D eigenvalue weighted by Gasteiger charge is -2.20. The van der Waals surface area contributed by atoms with Crippen LogP contribution in [0, 0.1) is 0 Å². The minimum absolute atomic E-state index is 0.0277. The third-order valence-corrected chi connectivity index (χ3v) is 2.77. The molecule has 0 unspecified atom stereocenters. The quantitative estimate of drug-likeness (QED) is 0.770. The van der Waals surface area contributed by atoms with Gasteiger partial charge in [-0.1, -0.05) is 6.07 Å². The molecule has 2 aliphatic rings. The molecule has 0 radical (unpaired) electrons. The van der Waals surface area contributed by atoms with Crippen molar-refractivity contribution in [3.63, 3.8) is 0 Å². The van der Waals surface area contributed by atoms with Gasteiger partial charge in [0, 0.05) is 0 Å². The molecule has 1 fully saturated rings. The van der Waals surface area contributed by atoms with Gasteiger partial charge < -0.3 is 9.47 Å². The van der Waals surface area contributed by atoms with Crippen LogP contribution < -0.4 is 9.47 Å². The van der Waals surface area contributed by atoms with Gasteiger partial charge in [0.05, 0.1) is 19.6 Å². The van der Waals surface area contributed by atoms with E-state index in [-0.39, 0.29) is 5.91 Å². The highest BCUT2D eigenvalue weighted by molar-refractivity contribution is 5.76. The molecular formula is C12H13NO4. The summed E-state index contributed by atoms with van der Waals surface area (Å²) in [6.45, 7) is 2.08. The Bertz CT molecular complexity index is 446. The molecule has 0 aromatic heterocycles. The van der Waals surface area contributed by atoms with Crippen LogP contribution in [-0.4, -0.2) is 30.8 Å². The number of hydrogen-bond donors (Lipinski definition) is 0. The van der Waals surface area contributed by atoms with Crippen LogP contribution in [0.15, 0.2) is 18.2 Å². The molecule has 0 aliphatic carbocycles. The highest BCUT2D eigenvalue weighted by Crippen LogP contribution is 2.31. The maximum atomic E-state index is 11.4. The Morgan fingerprint density at radius 2 is 1.94 bits per heavy atom. The Morgan fingerprint density at radius 1 is 1.12 bits per heavy atom. The van der Waals surface area contributed by atoms with E-state index in [1.807, 2.05) is 18.2 Å². The van der Waals surface area contributed by atoms with E-state index >= 15 is 0 Å². The lowest BCUT2D eigenvalue weighted by Crippen LogP contribution is -2.22. The minimum atomic E-state index is 0.0277.